The summed E-state index contributed by atoms with van der Waals surface area (Å²) in [6.45, 7) is 7.11. The largest absolute Gasteiger partial charge is 0.491 e. The van der Waals surface area contributed by atoms with Crippen LogP contribution in [-0.4, -0.2) is 12.6 Å². The third-order valence-corrected chi connectivity index (χ3v) is 5.35. The van der Waals surface area contributed by atoms with Crippen LogP contribution in [0.2, 0.25) is 0 Å². The van der Waals surface area contributed by atoms with E-state index in [2.05, 4.69) is 62.3 Å². The highest BCUT2D eigenvalue weighted by Crippen LogP contribution is 2.38. The Bertz CT molecular complexity index is 598. The molecule has 0 aliphatic carbocycles. The van der Waals surface area contributed by atoms with E-state index in [9.17, 15) is 0 Å². The average Bonchev–Trinajstić information content (AvgIpc) is 2.74. The van der Waals surface area contributed by atoms with E-state index in [1.165, 1.54) is 11.1 Å². The van der Waals surface area contributed by atoms with Crippen LogP contribution >= 0.6 is 43.2 Å². The molecule has 0 saturated heterocycles. The van der Waals surface area contributed by atoms with Crippen molar-refractivity contribution in [3.8, 4) is 5.75 Å². The molecule has 0 spiro atoms. The lowest BCUT2D eigenvalue weighted by Gasteiger charge is -2.19. The van der Waals surface area contributed by atoms with Gasteiger partial charge < -0.3 is 10.1 Å². The molecule has 1 aromatic carbocycles. The molecule has 0 aliphatic rings. The zero-order chi connectivity index (χ0) is 15.4. The third kappa shape index (κ3) is 4.55. The molecule has 1 unspecified atom stereocenters. The third-order valence-electron chi connectivity index (χ3n) is 2.97. The minimum atomic E-state index is 0.155. The Morgan fingerprint density at radius 3 is 2.57 bits per heavy atom. The van der Waals surface area contributed by atoms with E-state index in [0.717, 1.165) is 19.9 Å². The molecule has 21 heavy (non-hydrogen) atoms. The van der Waals surface area contributed by atoms with Crippen molar-refractivity contribution in [2.45, 2.75) is 32.9 Å². The van der Waals surface area contributed by atoms with E-state index in [1.807, 2.05) is 26.0 Å². The van der Waals surface area contributed by atoms with Gasteiger partial charge in [-0.1, -0.05) is 19.1 Å². The maximum Gasteiger partial charge on any atom is 0.120 e. The van der Waals surface area contributed by atoms with Gasteiger partial charge in [0.15, 0.2) is 0 Å². The second-order valence-electron chi connectivity index (χ2n) is 5.01. The predicted octanol–water partition coefficient (Wildman–Crippen LogP) is 5.76. The standard InChI is InChI=1S/C16H19Br2NOS/c1-4-19-15(13-9-14(17)21-16(13)18)11-6-5-7-12(8-11)20-10(2)3/h5-10,15,19H,4H2,1-3H3. The second-order valence-corrected chi connectivity index (χ2v) is 8.76. The summed E-state index contributed by atoms with van der Waals surface area (Å²) in [4.78, 5) is 0. The van der Waals surface area contributed by atoms with Crippen molar-refractivity contribution in [2.24, 2.45) is 0 Å². The number of halogens is 2. The number of benzene rings is 1. The summed E-state index contributed by atoms with van der Waals surface area (Å²) in [5.41, 5.74) is 2.46. The lowest BCUT2D eigenvalue weighted by molar-refractivity contribution is 0.242. The average molecular weight is 433 g/mol. The van der Waals surface area contributed by atoms with Crippen LogP contribution in [0.1, 0.15) is 37.9 Å². The van der Waals surface area contributed by atoms with Crippen molar-refractivity contribution < 1.29 is 4.74 Å². The van der Waals surface area contributed by atoms with Gasteiger partial charge in [-0.05, 0) is 81.6 Å². The van der Waals surface area contributed by atoms with E-state index in [1.54, 1.807) is 11.3 Å². The van der Waals surface area contributed by atoms with E-state index in [4.69, 9.17) is 4.74 Å². The Labute approximate surface area is 147 Å². The predicted molar refractivity (Wildman–Crippen MR) is 97.4 cm³/mol. The van der Waals surface area contributed by atoms with Crippen LogP contribution in [0.15, 0.2) is 37.9 Å². The zero-order valence-electron chi connectivity index (χ0n) is 12.3. The Hall–Kier alpha value is -0.360. The molecule has 1 heterocycles. The first-order valence-electron chi connectivity index (χ1n) is 6.96. The SMILES string of the molecule is CCNC(c1cccc(OC(C)C)c1)c1cc(Br)sc1Br. The normalized spacial score (nSPS) is 12.7. The highest BCUT2D eigenvalue weighted by molar-refractivity contribution is 9.12. The van der Waals surface area contributed by atoms with Crippen LogP contribution in [0, 0.1) is 0 Å². The van der Waals surface area contributed by atoms with Crippen molar-refractivity contribution in [1.29, 1.82) is 0 Å². The molecule has 114 valence electrons. The Kier molecular flexibility index (Phi) is 6.29. The van der Waals surface area contributed by atoms with Crippen molar-refractivity contribution in [1.82, 2.24) is 5.32 Å². The summed E-state index contributed by atoms with van der Waals surface area (Å²) >= 11 is 8.91. The minimum Gasteiger partial charge on any atom is -0.491 e. The van der Waals surface area contributed by atoms with Gasteiger partial charge in [0.05, 0.1) is 19.7 Å². The first-order chi connectivity index (χ1) is 10.0. The summed E-state index contributed by atoms with van der Waals surface area (Å²) in [5, 5.41) is 3.55. The highest BCUT2D eigenvalue weighted by atomic mass is 79.9. The molecule has 2 aromatic rings. The monoisotopic (exact) mass is 431 g/mol. The fourth-order valence-corrected chi connectivity index (χ4v) is 5.10. The van der Waals surface area contributed by atoms with E-state index in [0.29, 0.717) is 0 Å². The van der Waals surface area contributed by atoms with Crippen molar-refractivity contribution >= 4 is 43.2 Å². The second kappa shape index (κ2) is 7.77. The van der Waals surface area contributed by atoms with Gasteiger partial charge in [-0.2, -0.15) is 0 Å². The molecule has 0 saturated carbocycles. The Morgan fingerprint density at radius 2 is 2.00 bits per heavy atom. The van der Waals surface area contributed by atoms with Gasteiger partial charge in [0.25, 0.3) is 0 Å². The molecular weight excluding hydrogens is 414 g/mol. The molecule has 2 rings (SSSR count). The van der Waals surface area contributed by atoms with Crippen LogP contribution in [-0.2, 0) is 0 Å². The van der Waals surface area contributed by atoms with Crippen LogP contribution in [0.3, 0.4) is 0 Å². The number of thiophene rings is 1. The summed E-state index contributed by atoms with van der Waals surface area (Å²) < 4.78 is 8.08. The summed E-state index contributed by atoms with van der Waals surface area (Å²) in [5.74, 6) is 0.913. The van der Waals surface area contributed by atoms with Gasteiger partial charge in [-0.3, -0.25) is 0 Å². The van der Waals surface area contributed by atoms with Crippen LogP contribution in [0.5, 0.6) is 5.75 Å². The van der Waals surface area contributed by atoms with E-state index in [-0.39, 0.29) is 12.1 Å². The van der Waals surface area contributed by atoms with Crippen molar-refractivity contribution in [2.75, 3.05) is 6.54 Å². The number of hydrogen-bond donors (Lipinski definition) is 1. The highest BCUT2D eigenvalue weighted by Gasteiger charge is 2.19. The van der Waals surface area contributed by atoms with Gasteiger partial charge in [0.1, 0.15) is 5.75 Å². The molecular formula is C16H19Br2NOS. The minimum absolute atomic E-state index is 0.155. The molecule has 2 nitrogen and oxygen atoms in total. The molecule has 0 fully saturated rings. The molecule has 1 N–H and O–H groups in total. The van der Waals surface area contributed by atoms with Crippen molar-refractivity contribution in [3.05, 3.63) is 49.0 Å². The first-order valence-corrected chi connectivity index (χ1v) is 9.36. The lowest BCUT2D eigenvalue weighted by Crippen LogP contribution is -2.22. The number of ether oxygens (including phenoxy) is 1. The number of nitrogens with one attached hydrogen (secondary N) is 1. The van der Waals surface area contributed by atoms with Gasteiger partial charge in [0, 0.05) is 0 Å². The first kappa shape index (κ1) is 17.0. The van der Waals surface area contributed by atoms with Gasteiger partial charge >= 0.3 is 0 Å². The van der Waals surface area contributed by atoms with Crippen LogP contribution in [0.25, 0.3) is 0 Å². The maximum absolute atomic E-state index is 5.81. The number of rotatable bonds is 6. The van der Waals surface area contributed by atoms with E-state index >= 15 is 0 Å². The van der Waals surface area contributed by atoms with Gasteiger partial charge in [0.2, 0.25) is 0 Å². The maximum atomic E-state index is 5.81. The Morgan fingerprint density at radius 1 is 1.24 bits per heavy atom. The summed E-state index contributed by atoms with van der Waals surface area (Å²) in [7, 11) is 0. The quantitative estimate of drug-likeness (QED) is 0.626. The van der Waals surface area contributed by atoms with Crippen molar-refractivity contribution in [3.63, 3.8) is 0 Å². The lowest BCUT2D eigenvalue weighted by atomic mass is 10.0. The molecule has 0 radical (unpaired) electrons. The van der Waals surface area contributed by atoms with Gasteiger partial charge in [-0.15, -0.1) is 11.3 Å². The summed E-state index contributed by atoms with van der Waals surface area (Å²) in [6.07, 6.45) is 0.180. The molecule has 0 bridgehead atoms. The van der Waals surface area contributed by atoms with Gasteiger partial charge in [-0.25, -0.2) is 0 Å². The number of hydrogen-bond acceptors (Lipinski definition) is 3. The molecule has 0 amide bonds. The fourth-order valence-electron chi connectivity index (χ4n) is 2.20. The fraction of sp³-hybridized carbons (Fsp3) is 0.375. The molecule has 1 atom stereocenters. The van der Waals surface area contributed by atoms with E-state index < -0.39 is 0 Å². The molecule has 1 aromatic heterocycles. The smallest absolute Gasteiger partial charge is 0.120 e. The van der Waals surface area contributed by atoms with Crippen LogP contribution < -0.4 is 10.1 Å². The summed E-state index contributed by atoms with van der Waals surface area (Å²) in [6, 6.07) is 10.6. The van der Waals surface area contributed by atoms with Crippen LogP contribution in [0.4, 0.5) is 0 Å². The zero-order valence-corrected chi connectivity index (χ0v) is 16.3. The topological polar surface area (TPSA) is 21.3 Å². The molecule has 0 aliphatic heterocycles. The Balaban J connectivity index is 2.36. The molecule has 5 heteroatoms.